The van der Waals surface area contributed by atoms with Crippen molar-refractivity contribution in [3.05, 3.63) is 0 Å². The summed E-state index contributed by atoms with van der Waals surface area (Å²) in [4.78, 5) is 78.3. The van der Waals surface area contributed by atoms with Crippen LogP contribution in [0.4, 0.5) is 0 Å². The molecule has 0 bridgehead atoms. The fraction of sp³-hybridized carbons (Fsp3) is 0.882. The number of rotatable bonds is 26. The number of nitrogens with zero attached hydrogens (tertiary/aromatic N) is 1. The fourth-order valence-electron chi connectivity index (χ4n) is 10.7. The molecular formula is C51H85N2O12+. The molecule has 14 nitrogen and oxygen atoms in total. The van der Waals surface area contributed by atoms with Crippen molar-refractivity contribution in [2.45, 2.75) is 194 Å². The van der Waals surface area contributed by atoms with Crippen LogP contribution in [0.3, 0.4) is 0 Å². The Balaban J connectivity index is 1.04. The molecule has 0 aromatic carbocycles. The van der Waals surface area contributed by atoms with Gasteiger partial charge in [-0.2, -0.15) is 0 Å². The molecule has 0 aromatic heterocycles. The van der Waals surface area contributed by atoms with Gasteiger partial charge in [-0.05, 0) is 126 Å². The van der Waals surface area contributed by atoms with E-state index in [0.717, 1.165) is 128 Å². The third kappa shape index (κ3) is 18.1. The summed E-state index contributed by atoms with van der Waals surface area (Å²) in [6.45, 7) is 10.1. The maximum absolute atomic E-state index is 13.2. The lowest BCUT2D eigenvalue weighted by Gasteiger charge is -2.28. The van der Waals surface area contributed by atoms with Crippen molar-refractivity contribution in [1.82, 2.24) is 5.43 Å². The summed E-state index contributed by atoms with van der Waals surface area (Å²) in [5, 5.41) is 0. The third-order valence-corrected chi connectivity index (χ3v) is 15.8. The van der Waals surface area contributed by atoms with Gasteiger partial charge in [0.2, 0.25) is 0 Å². The van der Waals surface area contributed by atoms with E-state index in [1.165, 1.54) is 0 Å². The highest BCUT2D eigenvalue weighted by Crippen LogP contribution is 2.34. The highest BCUT2D eigenvalue weighted by Gasteiger charge is 2.41. The Labute approximate surface area is 389 Å². The van der Waals surface area contributed by atoms with E-state index >= 15 is 0 Å². The highest BCUT2D eigenvalue weighted by atomic mass is 16.6. The van der Waals surface area contributed by atoms with Gasteiger partial charge in [0.1, 0.15) is 26.4 Å². The monoisotopic (exact) mass is 918 g/mol. The summed E-state index contributed by atoms with van der Waals surface area (Å²) in [6.07, 6.45) is 18.3. The molecule has 5 rings (SSSR count). The predicted molar refractivity (Wildman–Crippen MR) is 243 cm³/mol. The summed E-state index contributed by atoms with van der Waals surface area (Å²) < 4.78 is 34.9. The maximum atomic E-state index is 13.2. The lowest BCUT2D eigenvalue weighted by atomic mass is 9.81. The lowest BCUT2D eigenvalue weighted by Crippen LogP contribution is -2.35. The molecule has 5 fully saturated rings. The van der Waals surface area contributed by atoms with Crippen molar-refractivity contribution in [3.8, 4) is 0 Å². The van der Waals surface area contributed by atoms with E-state index < -0.39 is 24.1 Å². The van der Waals surface area contributed by atoms with Gasteiger partial charge in [0.25, 0.3) is 0 Å². The van der Waals surface area contributed by atoms with Crippen LogP contribution in [0.2, 0.25) is 0 Å². The largest absolute Gasteiger partial charge is 0.461 e. The molecule has 0 unspecified atom stereocenters. The van der Waals surface area contributed by atoms with Gasteiger partial charge in [-0.25, -0.2) is 4.59 Å². The Morgan fingerprint density at radius 1 is 0.431 bits per heavy atom. The summed E-state index contributed by atoms with van der Waals surface area (Å²) in [6, 6.07) is 0. The Morgan fingerprint density at radius 3 is 0.892 bits per heavy atom. The van der Waals surface area contributed by atoms with Crippen molar-refractivity contribution in [3.63, 3.8) is 0 Å². The Kier molecular flexibility index (Phi) is 22.3. The normalized spacial score (nSPS) is 29.9. The second-order valence-electron chi connectivity index (χ2n) is 20.4. The van der Waals surface area contributed by atoms with Gasteiger partial charge >= 0.3 is 35.8 Å². The van der Waals surface area contributed by atoms with Crippen LogP contribution in [0.5, 0.6) is 0 Å². The molecule has 65 heavy (non-hydrogen) atoms. The molecule has 1 heterocycles. The van der Waals surface area contributed by atoms with Gasteiger partial charge < -0.3 is 28.4 Å². The minimum absolute atomic E-state index is 0.128. The van der Waals surface area contributed by atoms with Gasteiger partial charge in [0, 0.05) is 12.8 Å². The zero-order valence-electron chi connectivity index (χ0n) is 40.5. The predicted octanol–water partition coefficient (Wildman–Crippen LogP) is 8.70. The lowest BCUT2D eigenvalue weighted by molar-refractivity contribution is -0.825. The molecule has 0 amide bonds. The summed E-state index contributed by atoms with van der Waals surface area (Å²) >= 11 is 0. The minimum Gasteiger partial charge on any atom is -0.461 e. The first-order chi connectivity index (χ1) is 31.4. The molecule has 5 aliphatic rings. The SMILES string of the molecule is CCC1CCC(C(=O)OCC(COC(=O)C2CCC(CC)CC2)OC(=O)CCC[N+]2(CCCC(=O)OC(COC(=O)C3CCC(CC)CC3)COC(=O)C3CCC(CC)CC3)CN2)CC1. The van der Waals surface area contributed by atoms with Crippen molar-refractivity contribution in [2.75, 3.05) is 46.2 Å². The molecule has 1 saturated heterocycles. The van der Waals surface area contributed by atoms with Crippen molar-refractivity contribution < 1.29 is 61.8 Å². The second kappa shape index (κ2) is 27.5. The number of ether oxygens (including phenoxy) is 6. The first kappa shape index (κ1) is 52.7. The molecule has 370 valence electrons. The van der Waals surface area contributed by atoms with Crippen LogP contribution in [-0.2, 0) is 57.2 Å². The minimum atomic E-state index is -0.889. The van der Waals surface area contributed by atoms with Gasteiger partial charge in [-0.1, -0.05) is 53.4 Å². The third-order valence-electron chi connectivity index (χ3n) is 15.8. The van der Waals surface area contributed by atoms with Crippen LogP contribution < -0.4 is 5.43 Å². The Hall–Kier alpha value is -3.26. The van der Waals surface area contributed by atoms with Gasteiger partial charge in [-0.3, -0.25) is 28.8 Å². The quantitative estimate of drug-likeness (QED) is 0.0377. The van der Waals surface area contributed by atoms with E-state index in [4.69, 9.17) is 28.4 Å². The van der Waals surface area contributed by atoms with Crippen LogP contribution in [-0.4, -0.2) is 98.8 Å². The van der Waals surface area contributed by atoms with Crippen LogP contribution in [0, 0.1) is 47.3 Å². The molecule has 14 heteroatoms. The molecule has 0 radical (unpaired) electrons. The van der Waals surface area contributed by atoms with E-state index in [1.54, 1.807) is 0 Å². The summed E-state index contributed by atoms with van der Waals surface area (Å²) in [5.41, 5.74) is 3.36. The number of quaternary nitrogens is 1. The van der Waals surface area contributed by atoms with E-state index in [9.17, 15) is 28.8 Å². The summed E-state index contributed by atoms with van der Waals surface area (Å²) in [7, 11) is 0. The van der Waals surface area contributed by atoms with Crippen LogP contribution in [0.15, 0.2) is 0 Å². The van der Waals surface area contributed by atoms with E-state index in [0.29, 0.717) is 60.9 Å². The smallest absolute Gasteiger partial charge is 0.309 e. The van der Waals surface area contributed by atoms with Gasteiger partial charge in [0.15, 0.2) is 18.9 Å². The van der Waals surface area contributed by atoms with Crippen LogP contribution in [0.25, 0.3) is 0 Å². The molecule has 1 N–H and O–H groups in total. The van der Waals surface area contributed by atoms with E-state index in [1.807, 2.05) is 0 Å². The number of hydrogen-bond acceptors (Lipinski definition) is 13. The van der Waals surface area contributed by atoms with Crippen molar-refractivity contribution >= 4 is 35.8 Å². The van der Waals surface area contributed by atoms with Crippen LogP contribution >= 0.6 is 0 Å². The number of nitrogens with one attached hydrogen (secondary N) is 1. The Morgan fingerprint density at radius 2 is 0.677 bits per heavy atom. The molecule has 0 atom stereocenters. The topological polar surface area (TPSA) is 180 Å². The number of esters is 6. The number of hydrogen-bond donors (Lipinski definition) is 1. The molecule has 1 aliphatic heterocycles. The molecular weight excluding hydrogens is 833 g/mol. The first-order valence-corrected chi connectivity index (χ1v) is 26.1. The first-order valence-electron chi connectivity index (χ1n) is 26.1. The highest BCUT2D eigenvalue weighted by molar-refractivity contribution is 5.74. The van der Waals surface area contributed by atoms with Crippen molar-refractivity contribution in [1.29, 1.82) is 0 Å². The maximum Gasteiger partial charge on any atom is 0.309 e. The average molecular weight is 918 g/mol. The number of carbonyl (C=O) groups excluding carboxylic acids is 6. The van der Waals surface area contributed by atoms with Crippen LogP contribution in [0.1, 0.15) is 182 Å². The summed E-state index contributed by atoms with van der Waals surface area (Å²) in [5.74, 6) is -0.115. The van der Waals surface area contributed by atoms with E-state index in [-0.39, 0.29) is 86.8 Å². The fourth-order valence-corrected chi connectivity index (χ4v) is 10.7. The molecule has 0 aromatic rings. The molecule has 0 spiro atoms. The molecule has 4 saturated carbocycles. The second-order valence-corrected chi connectivity index (χ2v) is 20.4. The van der Waals surface area contributed by atoms with Gasteiger partial charge in [-0.15, -0.1) is 5.43 Å². The van der Waals surface area contributed by atoms with Crippen molar-refractivity contribution in [2.24, 2.45) is 47.3 Å². The zero-order valence-corrected chi connectivity index (χ0v) is 40.5. The standard InChI is InChI=1S/C51H85N2O12/c1-5-36-13-21-40(22-14-36)48(56)60-31-44(32-61-49(57)41-23-15-37(6-2)16-24-41)64-46(54)11-9-29-53(35-52-53)30-10-12-47(55)65-45(33-62-50(58)42-25-17-38(7-3)18-26-42)34-63-51(59)43-27-19-39(8-4)20-28-43/h36-45,52H,5-35H2,1-4H3/q+1. The molecule has 4 aliphatic carbocycles. The average Bonchev–Trinajstić information content (AvgIpc) is 4.11. The van der Waals surface area contributed by atoms with E-state index in [2.05, 4.69) is 33.1 Å². The van der Waals surface area contributed by atoms with Gasteiger partial charge in [0.05, 0.1) is 49.6 Å². The number of carbonyl (C=O) groups is 6. The zero-order chi connectivity index (χ0) is 46.6. The Bertz CT molecular complexity index is 1300.